The van der Waals surface area contributed by atoms with Crippen LogP contribution in [0.1, 0.15) is 11.1 Å². The van der Waals surface area contributed by atoms with Gasteiger partial charge in [-0.15, -0.1) is 0 Å². The van der Waals surface area contributed by atoms with Crippen molar-refractivity contribution in [3.05, 3.63) is 71.8 Å². The van der Waals surface area contributed by atoms with E-state index in [1.54, 1.807) is 0 Å². The summed E-state index contributed by atoms with van der Waals surface area (Å²) >= 11 is 5.50. The van der Waals surface area contributed by atoms with E-state index in [2.05, 4.69) is 38.8 Å². The lowest BCUT2D eigenvalue weighted by Gasteiger charge is -2.14. The zero-order valence-corrected chi connectivity index (χ0v) is 17.2. The summed E-state index contributed by atoms with van der Waals surface area (Å²) in [5, 5.41) is 7.10. The second-order valence-electron chi connectivity index (χ2n) is 7.13. The van der Waals surface area contributed by atoms with E-state index >= 15 is 0 Å². The Morgan fingerprint density at radius 2 is 1.93 bits per heavy atom. The molecule has 1 aliphatic heterocycles. The van der Waals surface area contributed by atoms with E-state index in [0.717, 1.165) is 50.7 Å². The first-order chi connectivity index (χ1) is 14.7. The number of benzene rings is 3. The van der Waals surface area contributed by atoms with Crippen LogP contribution in [0.15, 0.2) is 60.7 Å². The second kappa shape index (κ2) is 7.68. The summed E-state index contributed by atoms with van der Waals surface area (Å²) in [6.45, 7) is 2.91. The topological polar surface area (TPSA) is 71.2 Å². The smallest absolute Gasteiger partial charge is 0.231 e. The Bertz CT molecular complexity index is 1220. The summed E-state index contributed by atoms with van der Waals surface area (Å²) in [5.41, 5.74) is 6.07. The SMILES string of the molecule is Cc1ccc(-c2nc3ccccc3[nH]2)cc1NC(=S)NCc1ccc2c(c1)OCO2. The fourth-order valence-electron chi connectivity index (χ4n) is 3.39. The molecule has 0 amide bonds. The van der Waals surface area contributed by atoms with Crippen molar-refractivity contribution in [1.29, 1.82) is 0 Å². The fourth-order valence-corrected chi connectivity index (χ4v) is 3.58. The molecule has 30 heavy (non-hydrogen) atoms. The van der Waals surface area contributed by atoms with E-state index in [1.165, 1.54) is 0 Å². The number of hydrogen-bond acceptors (Lipinski definition) is 4. The van der Waals surface area contributed by atoms with Gasteiger partial charge in [0.05, 0.1) is 11.0 Å². The standard InChI is InChI=1S/C23H20N4O2S/c1-14-6-8-16(22-25-17-4-2-3-5-18(17)26-22)11-19(14)27-23(30)24-12-15-7-9-20-21(10-15)29-13-28-20/h2-11H,12-13H2,1H3,(H,25,26)(H2,24,27,30). The normalized spacial score (nSPS) is 12.2. The number of ether oxygens (including phenoxy) is 2. The maximum atomic E-state index is 5.50. The molecule has 0 saturated heterocycles. The molecule has 0 saturated carbocycles. The van der Waals surface area contributed by atoms with Gasteiger partial charge >= 0.3 is 0 Å². The highest BCUT2D eigenvalue weighted by Crippen LogP contribution is 2.32. The van der Waals surface area contributed by atoms with Crippen molar-refractivity contribution < 1.29 is 9.47 Å². The minimum Gasteiger partial charge on any atom is -0.454 e. The second-order valence-corrected chi connectivity index (χ2v) is 7.54. The molecule has 3 aromatic carbocycles. The van der Waals surface area contributed by atoms with Crippen LogP contribution in [-0.2, 0) is 6.54 Å². The molecule has 7 heteroatoms. The Labute approximate surface area is 179 Å². The maximum Gasteiger partial charge on any atom is 0.231 e. The number of aromatic nitrogens is 2. The van der Waals surface area contributed by atoms with Gasteiger partial charge in [-0.3, -0.25) is 0 Å². The van der Waals surface area contributed by atoms with Gasteiger partial charge in [-0.05, 0) is 60.6 Å². The Morgan fingerprint density at radius 3 is 2.83 bits per heavy atom. The number of rotatable bonds is 4. The molecule has 0 radical (unpaired) electrons. The predicted molar refractivity (Wildman–Crippen MR) is 122 cm³/mol. The molecule has 2 heterocycles. The Balaban J connectivity index is 1.29. The van der Waals surface area contributed by atoms with Gasteiger partial charge in [0.1, 0.15) is 5.82 Å². The number of thiocarbonyl (C=S) groups is 1. The monoisotopic (exact) mass is 416 g/mol. The third-order valence-corrected chi connectivity index (χ3v) is 5.29. The van der Waals surface area contributed by atoms with Crippen LogP contribution in [0.3, 0.4) is 0 Å². The summed E-state index contributed by atoms with van der Waals surface area (Å²) in [7, 11) is 0. The number of nitrogens with zero attached hydrogens (tertiary/aromatic N) is 1. The quantitative estimate of drug-likeness (QED) is 0.417. The number of hydrogen-bond donors (Lipinski definition) is 3. The number of nitrogens with one attached hydrogen (secondary N) is 3. The summed E-state index contributed by atoms with van der Waals surface area (Å²) in [4.78, 5) is 8.05. The molecule has 0 aliphatic carbocycles. The molecular formula is C23H20N4O2S. The maximum absolute atomic E-state index is 5.50. The van der Waals surface area contributed by atoms with Crippen molar-refractivity contribution in [2.24, 2.45) is 0 Å². The molecule has 5 rings (SSSR count). The molecule has 6 nitrogen and oxygen atoms in total. The Morgan fingerprint density at radius 1 is 1.07 bits per heavy atom. The first-order valence-electron chi connectivity index (χ1n) is 9.65. The average molecular weight is 417 g/mol. The molecule has 0 atom stereocenters. The van der Waals surface area contributed by atoms with Gasteiger partial charge in [-0.2, -0.15) is 0 Å². The lowest BCUT2D eigenvalue weighted by Crippen LogP contribution is -2.28. The van der Waals surface area contributed by atoms with Crippen molar-refractivity contribution in [2.45, 2.75) is 13.5 Å². The third-order valence-electron chi connectivity index (χ3n) is 5.04. The van der Waals surface area contributed by atoms with E-state index < -0.39 is 0 Å². The van der Waals surface area contributed by atoms with Gasteiger partial charge in [-0.25, -0.2) is 4.98 Å². The number of aromatic amines is 1. The van der Waals surface area contributed by atoms with Gasteiger partial charge in [0.15, 0.2) is 16.6 Å². The van der Waals surface area contributed by atoms with E-state index in [0.29, 0.717) is 11.7 Å². The number of para-hydroxylation sites is 2. The first-order valence-corrected chi connectivity index (χ1v) is 10.1. The number of imidazole rings is 1. The number of aryl methyl sites for hydroxylation is 1. The van der Waals surface area contributed by atoms with Crippen LogP contribution in [0.5, 0.6) is 11.5 Å². The molecule has 1 aromatic heterocycles. The molecule has 3 N–H and O–H groups in total. The zero-order chi connectivity index (χ0) is 20.5. The van der Waals surface area contributed by atoms with E-state index in [-0.39, 0.29) is 6.79 Å². The summed E-state index contributed by atoms with van der Waals surface area (Å²) in [6.07, 6.45) is 0. The highest BCUT2D eigenvalue weighted by atomic mass is 32.1. The van der Waals surface area contributed by atoms with Gasteiger partial charge in [-0.1, -0.05) is 30.3 Å². The van der Waals surface area contributed by atoms with Gasteiger partial charge in [0.25, 0.3) is 0 Å². The molecule has 0 fully saturated rings. The highest BCUT2D eigenvalue weighted by molar-refractivity contribution is 7.80. The molecule has 150 valence electrons. The van der Waals surface area contributed by atoms with E-state index in [1.807, 2.05) is 49.4 Å². The first kappa shape index (κ1) is 18.4. The summed E-state index contributed by atoms with van der Waals surface area (Å²) < 4.78 is 10.8. The van der Waals surface area contributed by atoms with Gasteiger partial charge in [0, 0.05) is 17.8 Å². The molecular weight excluding hydrogens is 396 g/mol. The predicted octanol–water partition coefficient (Wildman–Crippen LogP) is 4.75. The molecule has 1 aliphatic rings. The zero-order valence-electron chi connectivity index (χ0n) is 16.4. The van der Waals surface area contributed by atoms with Crippen molar-refractivity contribution in [3.63, 3.8) is 0 Å². The molecule has 4 aromatic rings. The molecule has 0 spiro atoms. The van der Waals surface area contributed by atoms with Crippen LogP contribution in [0.2, 0.25) is 0 Å². The Hall–Kier alpha value is -3.58. The van der Waals surface area contributed by atoms with Crippen LogP contribution < -0.4 is 20.1 Å². The van der Waals surface area contributed by atoms with Crippen LogP contribution in [0, 0.1) is 6.92 Å². The van der Waals surface area contributed by atoms with Crippen LogP contribution >= 0.6 is 12.2 Å². The van der Waals surface area contributed by atoms with Gasteiger partial charge in [0.2, 0.25) is 6.79 Å². The summed E-state index contributed by atoms with van der Waals surface area (Å²) in [6, 6.07) is 20.1. The van der Waals surface area contributed by atoms with Crippen molar-refractivity contribution in [3.8, 4) is 22.9 Å². The third kappa shape index (κ3) is 3.67. The Kier molecular flexibility index (Phi) is 4.72. The van der Waals surface area contributed by atoms with Crippen LogP contribution in [0.4, 0.5) is 5.69 Å². The highest BCUT2D eigenvalue weighted by Gasteiger charge is 2.13. The lowest BCUT2D eigenvalue weighted by atomic mass is 10.1. The number of H-pyrrole nitrogens is 1. The van der Waals surface area contributed by atoms with Crippen molar-refractivity contribution in [2.75, 3.05) is 12.1 Å². The fraction of sp³-hybridized carbons (Fsp3) is 0.130. The number of anilines is 1. The van der Waals surface area contributed by atoms with E-state index in [4.69, 9.17) is 21.7 Å². The lowest BCUT2D eigenvalue weighted by molar-refractivity contribution is 0.174. The van der Waals surface area contributed by atoms with Crippen LogP contribution in [0.25, 0.3) is 22.4 Å². The minimum atomic E-state index is 0.271. The number of fused-ring (bicyclic) bond motifs is 2. The average Bonchev–Trinajstić information content (AvgIpc) is 3.40. The molecule has 0 bridgehead atoms. The van der Waals surface area contributed by atoms with Crippen LogP contribution in [-0.4, -0.2) is 21.9 Å². The van der Waals surface area contributed by atoms with Gasteiger partial charge < -0.3 is 25.1 Å². The minimum absolute atomic E-state index is 0.271. The largest absolute Gasteiger partial charge is 0.454 e. The van der Waals surface area contributed by atoms with Crippen molar-refractivity contribution in [1.82, 2.24) is 15.3 Å². The summed E-state index contributed by atoms with van der Waals surface area (Å²) in [5.74, 6) is 2.37. The molecule has 0 unspecified atom stereocenters. The van der Waals surface area contributed by atoms with E-state index in [9.17, 15) is 0 Å². The van der Waals surface area contributed by atoms with Crippen molar-refractivity contribution >= 4 is 34.1 Å².